The van der Waals surface area contributed by atoms with Crippen molar-refractivity contribution in [1.82, 2.24) is 10.3 Å². The van der Waals surface area contributed by atoms with Gasteiger partial charge in [0, 0.05) is 13.2 Å². The SMILES string of the molecule is COC(C)(C)c1cnc(CNC2CC2)o1. The molecule has 0 aromatic carbocycles. The lowest BCUT2D eigenvalue weighted by Crippen LogP contribution is -2.18. The zero-order chi connectivity index (χ0) is 10.9. The molecule has 1 saturated carbocycles. The van der Waals surface area contributed by atoms with Crippen LogP contribution in [-0.4, -0.2) is 18.1 Å². The number of nitrogens with one attached hydrogen (secondary N) is 1. The Hall–Kier alpha value is -0.870. The van der Waals surface area contributed by atoms with Crippen LogP contribution in [0.25, 0.3) is 0 Å². The van der Waals surface area contributed by atoms with Gasteiger partial charge in [0.25, 0.3) is 0 Å². The highest BCUT2D eigenvalue weighted by atomic mass is 16.5. The van der Waals surface area contributed by atoms with E-state index >= 15 is 0 Å². The Bertz CT molecular complexity index is 329. The largest absolute Gasteiger partial charge is 0.441 e. The van der Waals surface area contributed by atoms with E-state index in [9.17, 15) is 0 Å². The van der Waals surface area contributed by atoms with E-state index in [0.717, 1.165) is 11.7 Å². The van der Waals surface area contributed by atoms with Crippen LogP contribution in [-0.2, 0) is 16.9 Å². The monoisotopic (exact) mass is 210 g/mol. The summed E-state index contributed by atoms with van der Waals surface area (Å²) in [5.41, 5.74) is -0.398. The fraction of sp³-hybridized carbons (Fsp3) is 0.727. The third kappa shape index (κ3) is 2.58. The van der Waals surface area contributed by atoms with Crippen molar-refractivity contribution in [3.63, 3.8) is 0 Å². The van der Waals surface area contributed by atoms with Gasteiger partial charge < -0.3 is 14.5 Å². The summed E-state index contributed by atoms with van der Waals surface area (Å²) in [6.45, 7) is 4.64. The van der Waals surface area contributed by atoms with Crippen molar-refractivity contribution < 1.29 is 9.15 Å². The second kappa shape index (κ2) is 3.94. The molecule has 1 N–H and O–H groups in total. The second-order valence-electron chi connectivity index (χ2n) is 4.49. The topological polar surface area (TPSA) is 47.3 Å². The van der Waals surface area contributed by atoms with Crippen molar-refractivity contribution in [2.45, 2.75) is 44.9 Å². The molecule has 0 radical (unpaired) electrons. The van der Waals surface area contributed by atoms with Crippen molar-refractivity contribution in [2.75, 3.05) is 7.11 Å². The molecule has 0 amide bonds. The van der Waals surface area contributed by atoms with Gasteiger partial charge in [0.2, 0.25) is 5.89 Å². The number of methoxy groups -OCH3 is 1. The molecular weight excluding hydrogens is 192 g/mol. The molecule has 1 aliphatic rings. The molecule has 1 aliphatic carbocycles. The first-order valence-electron chi connectivity index (χ1n) is 5.35. The summed E-state index contributed by atoms with van der Waals surface area (Å²) in [4.78, 5) is 4.22. The number of rotatable bonds is 5. The van der Waals surface area contributed by atoms with Crippen molar-refractivity contribution in [1.29, 1.82) is 0 Å². The van der Waals surface area contributed by atoms with Gasteiger partial charge in [0.05, 0.1) is 12.7 Å². The van der Waals surface area contributed by atoms with Crippen LogP contribution in [0, 0.1) is 0 Å². The van der Waals surface area contributed by atoms with E-state index in [4.69, 9.17) is 9.15 Å². The summed E-state index contributed by atoms with van der Waals surface area (Å²) in [5, 5.41) is 3.36. The number of oxazole rings is 1. The lowest BCUT2D eigenvalue weighted by Gasteiger charge is -2.18. The predicted octanol–water partition coefficient (Wildman–Crippen LogP) is 1.81. The summed E-state index contributed by atoms with van der Waals surface area (Å²) < 4.78 is 10.9. The standard InChI is InChI=1S/C11H18N2O2/c1-11(2,14-3)9-6-13-10(15-9)7-12-8-4-5-8/h6,8,12H,4-5,7H2,1-3H3. The van der Waals surface area contributed by atoms with Gasteiger partial charge in [-0.3, -0.25) is 0 Å². The van der Waals surface area contributed by atoms with E-state index in [0.29, 0.717) is 12.6 Å². The zero-order valence-corrected chi connectivity index (χ0v) is 9.54. The van der Waals surface area contributed by atoms with Crippen LogP contribution in [0.1, 0.15) is 38.3 Å². The van der Waals surface area contributed by atoms with E-state index < -0.39 is 5.60 Å². The molecule has 15 heavy (non-hydrogen) atoms. The minimum atomic E-state index is -0.398. The molecule has 1 aromatic rings. The molecule has 4 nitrogen and oxygen atoms in total. The first kappa shape index (κ1) is 10.6. The van der Waals surface area contributed by atoms with Crippen LogP contribution < -0.4 is 5.32 Å². The average Bonchev–Trinajstić information content (AvgIpc) is 2.92. The minimum Gasteiger partial charge on any atom is -0.441 e. The molecule has 1 aromatic heterocycles. The van der Waals surface area contributed by atoms with Crippen molar-refractivity contribution >= 4 is 0 Å². The quantitative estimate of drug-likeness (QED) is 0.805. The van der Waals surface area contributed by atoms with Crippen LogP contribution in [0.15, 0.2) is 10.6 Å². The summed E-state index contributed by atoms with van der Waals surface area (Å²) >= 11 is 0. The van der Waals surface area contributed by atoms with Crippen molar-refractivity contribution in [3.05, 3.63) is 17.8 Å². The maximum Gasteiger partial charge on any atom is 0.208 e. The van der Waals surface area contributed by atoms with E-state index in [1.807, 2.05) is 13.8 Å². The molecule has 0 unspecified atom stereocenters. The average molecular weight is 210 g/mol. The van der Waals surface area contributed by atoms with Gasteiger partial charge in [-0.05, 0) is 26.7 Å². The van der Waals surface area contributed by atoms with Gasteiger partial charge in [0.15, 0.2) is 5.76 Å². The number of aromatic nitrogens is 1. The van der Waals surface area contributed by atoms with Gasteiger partial charge in [0.1, 0.15) is 5.60 Å². The first-order chi connectivity index (χ1) is 7.12. The summed E-state index contributed by atoms with van der Waals surface area (Å²) in [6.07, 6.45) is 4.29. The highest BCUT2D eigenvalue weighted by molar-refractivity contribution is 5.03. The van der Waals surface area contributed by atoms with Crippen molar-refractivity contribution in [3.8, 4) is 0 Å². The van der Waals surface area contributed by atoms with Crippen LogP contribution in [0.2, 0.25) is 0 Å². The second-order valence-corrected chi connectivity index (χ2v) is 4.49. The molecule has 1 heterocycles. The first-order valence-corrected chi connectivity index (χ1v) is 5.35. The predicted molar refractivity (Wildman–Crippen MR) is 56.4 cm³/mol. The molecule has 0 aliphatic heterocycles. The van der Waals surface area contributed by atoms with E-state index in [1.165, 1.54) is 12.8 Å². The van der Waals surface area contributed by atoms with Gasteiger partial charge >= 0.3 is 0 Å². The third-order valence-corrected chi connectivity index (χ3v) is 2.78. The lowest BCUT2D eigenvalue weighted by molar-refractivity contribution is 0.0000272. The van der Waals surface area contributed by atoms with Gasteiger partial charge in [-0.25, -0.2) is 4.98 Å². The van der Waals surface area contributed by atoms with Crippen molar-refractivity contribution in [2.24, 2.45) is 0 Å². The fourth-order valence-corrected chi connectivity index (χ4v) is 1.29. The number of ether oxygens (including phenoxy) is 1. The Morgan fingerprint density at radius 1 is 1.60 bits per heavy atom. The Kier molecular flexibility index (Phi) is 2.80. The summed E-state index contributed by atoms with van der Waals surface area (Å²) in [5.74, 6) is 1.51. The van der Waals surface area contributed by atoms with Crippen LogP contribution in [0.5, 0.6) is 0 Å². The number of nitrogens with zero attached hydrogens (tertiary/aromatic N) is 1. The van der Waals surface area contributed by atoms with E-state index in [2.05, 4.69) is 10.3 Å². The molecule has 0 saturated heterocycles. The van der Waals surface area contributed by atoms with Crippen LogP contribution in [0.4, 0.5) is 0 Å². The molecule has 2 rings (SSSR count). The fourth-order valence-electron chi connectivity index (χ4n) is 1.29. The number of hydrogen-bond acceptors (Lipinski definition) is 4. The molecule has 0 bridgehead atoms. The highest BCUT2D eigenvalue weighted by Gasteiger charge is 2.25. The summed E-state index contributed by atoms with van der Waals surface area (Å²) in [6, 6.07) is 0.677. The highest BCUT2D eigenvalue weighted by Crippen LogP contribution is 2.24. The zero-order valence-electron chi connectivity index (χ0n) is 9.54. The number of hydrogen-bond donors (Lipinski definition) is 1. The molecule has 0 spiro atoms. The molecular formula is C11H18N2O2. The molecule has 1 fully saturated rings. The lowest BCUT2D eigenvalue weighted by atomic mass is 10.1. The Labute approximate surface area is 90.0 Å². The molecule has 4 heteroatoms. The third-order valence-electron chi connectivity index (χ3n) is 2.78. The Morgan fingerprint density at radius 2 is 2.33 bits per heavy atom. The van der Waals surface area contributed by atoms with E-state index in [-0.39, 0.29) is 0 Å². The van der Waals surface area contributed by atoms with E-state index in [1.54, 1.807) is 13.3 Å². The van der Waals surface area contributed by atoms with Crippen LogP contribution >= 0.6 is 0 Å². The van der Waals surface area contributed by atoms with Gasteiger partial charge in [-0.2, -0.15) is 0 Å². The smallest absolute Gasteiger partial charge is 0.208 e. The molecule has 0 atom stereocenters. The van der Waals surface area contributed by atoms with Gasteiger partial charge in [-0.15, -0.1) is 0 Å². The Morgan fingerprint density at radius 3 is 2.93 bits per heavy atom. The maximum atomic E-state index is 5.62. The Balaban J connectivity index is 1.96. The maximum absolute atomic E-state index is 5.62. The minimum absolute atomic E-state index is 0.398. The van der Waals surface area contributed by atoms with Gasteiger partial charge in [-0.1, -0.05) is 0 Å². The van der Waals surface area contributed by atoms with Crippen LogP contribution in [0.3, 0.4) is 0 Å². The normalized spacial score (nSPS) is 17.0. The molecule has 84 valence electrons. The summed E-state index contributed by atoms with van der Waals surface area (Å²) in [7, 11) is 1.67.